The molecule has 0 saturated carbocycles. The Morgan fingerprint density at radius 3 is 2.43 bits per heavy atom. The molecule has 0 aliphatic heterocycles. The largest absolute Gasteiger partial charge is 0.327 e. The minimum atomic E-state index is -0.363. The molecule has 0 aliphatic rings. The molecule has 0 saturated heterocycles. The van der Waals surface area contributed by atoms with Crippen molar-refractivity contribution in [2.24, 2.45) is 0 Å². The highest BCUT2D eigenvalue weighted by Crippen LogP contribution is 2.25. The minimum Gasteiger partial charge on any atom is -0.327 e. The summed E-state index contributed by atoms with van der Waals surface area (Å²) in [6.45, 7) is 4.45. The predicted molar refractivity (Wildman–Crippen MR) is 80.6 cm³/mol. The summed E-state index contributed by atoms with van der Waals surface area (Å²) in [7, 11) is 1.71. The van der Waals surface area contributed by atoms with Crippen molar-refractivity contribution in [3.05, 3.63) is 53.7 Å². The Morgan fingerprint density at radius 1 is 1.14 bits per heavy atom. The predicted octanol–water partition coefficient (Wildman–Crippen LogP) is 3.63. The number of anilines is 2. The molecule has 3 nitrogen and oxygen atoms in total. The van der Waals surface area contributed by atoms with Gasteiger partial charge in [0.05, 0.1) is 0 Å². The van der Waals surface area contributed by atoms with Gasteiger partial charge in [0, 0.05) is 37.1 Å². The van der Waals surface area contributed by atoms with E-state index in [0.29, 0.717) is 17.8 Å². The summed E-state index contributed by atoms with van der Waals surface area (Å²) in [6, 6.07) is 7.80. The molecule has 0 bridgehead atoms. The van der Waals surface area contributed by atoms with Crippen molar-refractivity contribution >= 4 is 11.5 Å². The van der Waals surface area contributed by atoms with Gasteiger partial charge in [-0.25, -0.2) is 13.8 Å². The molecule has 112 valence electrons. The molecule has 0 radical (unpaired) electrons. The number of rotatable bonds is 5. The molecule has 0 aliphatic carbocycles. The van der Waals surface area contributed by atoms with E-state index in [1.54, 1.807) is 36.3 Å². The molecule has 2 aromatic rings. The average molecular weight is 291 g/mol. The first-order valence-electron chi connectivity index (χ1n) is 6.85. The van der Waals surface area contributed by atoms with Crippen molar-refractivity contribution < 1.29 is 8.78 Å². The van der Waals surface area contributed by atoms with Gasteiger partial charge in [-0.05, 0) is 30.3 Å². The van der Waals surface area contributed by atoms with E-state index < -0.39 is 0 Å². The van der Waals surface area contributed by atoms with Crippen LogP contribution in [0, 0.1) is 11.6 Å². The van der Waals surface area contributed by atoms with Gasteiger partial charge in [-0.1, -0.05) is 13.8 Å². The maximum atomic E-state index is 14.5. The van der Waals surface area contributed by atoms with Crippen molar-refractivity contribution in [2.75, 3.05) is 11.9 Å². The summed E-state index contributed by atoms with van der Waals surface area (Å²) >= 11 is 0. The van der Waals surface area contributed by atoms with Crippen LogP contribution in [0.3, 0.4) is 0 Å². The number of nitrogens with one attached hydrogen (secondary N) is 1. The number of benzene rings is 1. The van der Waals surface area contributed by atoms with Crippen LogP contribution in [0.2, 0.25) is 0 Å². The van der Waals surface area contributed by atoms with E-state index in [9.17, 15) is 8.78 Å². The molecule has 1 aromatic heterocycles. The van der Waals surface area contributed by atoms with E-state index in [0.717, 1.165) is 0 Å². The van der Waals surface area contributed by atoms with E-state index in [1.165, 1.54) is 12.1 Å². The zero-order chi connectivity index (χ0) is 15.4. The normalized spacial score (nSPS) is 11.0. The Labute approximate surface area is 123 Å². The summed E-state index contributed by atoms with van der Waals surface area (Å²) in [5, 5.41) is 3.18. The van der Waals surface area contributed by atoms with Crippen LogP contribution in [0.4, 0.5) is 20.3 Å². The van der Waals surface area contributed by atoms with Crippen LogP contribution in [0.15, 0.2) is 36.5 Å². The first kappa shape index (κ1) is 15.4. The van der Waals surface area contributed by atoms with Gasteiger partial charge in [0.1, 0.15) is 5.82 Å². The van der Waals surface area contributed by atoms with Crippen LogP contribution in [0.25, 0.3) is 0 Å². The van der Waals surface area contributed by atoms with E-state index in [4.69, 9.17) is 0 Å². The van der Waals surface area contributed by atoms with E-state index in [2.05, 4.69) is 10.3 Å². The summed E-state index contributed by atoms with van der Waals surface area (Å²) in [4.78, 5) is 5.70. The Balaban J connectivity index is 2.26. The van der Waals surface area contributed by atoms with E-state index >= 15 is 0 Å². The maximum absolute atomic E-state index is 14.5. The van der Waals surface area contributed by atoms with Gasteiger partial charge in [0.2, 0.25) is 0 Å². The molecular weight excluding hydrogens is 272 g/mol. The third-order valence-electron chi connectivity index (χ3n) is 3.18. The average Bonchev–Trinajstić information content (AvgIpc) is 2.46. The summed E-state index contributed by atoms with van der Waals surface area (Å²) in [6.07, 6.45) is 1.58. The molecule has 1 aromatic carbocycles. The van der Waals surface area contributed by atoms with Crippen molar-refractivity contribution in [1.82, 2.24) is 10.3 Å². The summed E-state index contributed by atoms with van der Waals surface area (Å²) < 4.78 is 27.5. The van der Waals surface area contributed by atoms with Gasteiger partial charge >= 0.3 is 0 Å². The highest BCUT2D eigenvalue weighted by molar-refractivity contribution is 5.60. The SMILES string of the molecule is CC(C)NCc1ccnc(N(C)c2ccc(F)cc2)c1F. The highest BCUT2D eigenvalue weighted by Gasteiger charge is 2.14. The van der Waals surface area contributed by atoms with Crippen LogP contribution in [0.1, 0.15) is 19.4 Å². The smallest absolute Gasteiger partial charge is 0.170 e. The number of halogens is 2. The van der Waals surface area contributed by atoms with Gasteiger partial charge in [0.15, 0.2) is 11.6 Å². The molecule has 0 atom stereocenters. The van der Waals surface area contributed by atoms with Crippen molar-refractivity contribution in [1.29, 1.82) is 0 Å². The molecule has 1 N–H and O–H groups in total. The number of pyridine rings is 1. The summed E-state index contributed by atoms with van der Waals surface area (Å²) in [5.41, 5.74) is 1.24. The van der Waals surface area contributed by atoms with Gasteiger partial charge in [-0.2, -0.15) is 0 Å². The molecule has 0 fully saturated rings. The van der Waals surface area contributed by atoms with Crippen LogP contribution < -0.4 is 10.2 Å². The molecule has 1 heterocycles. The molecule has 0 spiro atoms. The molecule has 0 amide bonds. The van der Waals surface area contributed by atoms with Crippen LogP contribution >= 0.6 is 0 Å². The van der Waals surface area contributed by atoms with Gasteiger partial charge in [-0.15, -0.1) is 0 Å². The van der Waals surface area contributed by atoms with E-state index in [1.807, 2.05) is 13.8 Å². The number of hydrogen-bond donors (Lipinski definition) is 1. The van der Waals surface area contributed by atoms with Crippen molar-refractivity contribution in [3.63, 3.8) is 0 Å². The fourth-order valence-corrected chi connectivity index (χ4v) is 1.94. The number of aromatic nitrogens is 1. The van der Waals surface area contributed by atoms with Gasteiger partial charge < -0.3 is 10.2 Å². The first-order valence-corrected chi connectivity index (χ1v) is 6.85. The quantitative estimate of drug-likeness (QED) is 0.912. The fraction of sp³-hybridized carbons (Fsp3) is 0.312. The van der Waals surface area contributed by atoms with Gasteiger partial charge in [0.25, 0.3) is 0 Å². The lowest BCUT2D eigenvalue weighted by Gasteiger charge is -2.20. The fourth-order valence-electron chi connectivity index (χ4n) is 1.94. The Bertz CT molecular complexity index is 597. The first-order chi connectivity index (χ1) is 9.99. The molecule has 21 heavy (non-hydrogen) atoms. The van der Waals surface area contributed by atoms with Crippen molar-refractivity contribution in [3.8, 4) is 0 Å². The second kappa shape index (κ2) is 6.63. The van der Waals surface area contributed by atoms with Crippen LogP contribution in [-0.4, -0.2) is 18.1 Å². The lowest BCUT2D eigenvalue weighted by molar-refractivity contribution is 0.550. The molecule has 5 heteroatoms. The maximum Gasteiger partial charge on any atom is 0.170 e. The van der Waals surface area contributed by atoms with Crippen LogP contribution in [0.5, 0.6) is 0 Å². The minimum absolute atomic E-state index is 0.227. The lowest BCUT2D eigenvalue weighted by Crippen LogP contribution is -2.23. The van der Waals surface area contributed by atoms with E-state index in [-0.39, 0.29) is 23.5 Å². The Hall–Kier alpha value is -2.01. The third-order valence-corrected chi connectivity index (χ3v) is 3.18. The van der Waals surface area contributed by atoms with Crippen molar-refractivity contribution in [2.45, 2.75) is 26.4 Å². The third kappa shape index (κ3) is 3.76. The topological polar surface area (TPSA) is 28.2 Å². The number of nitrogens with zero attached hydrogens (tertiary/aromatic N) is 2. The number of hydrogen-bond acceptors (Lipinski definition) is 3. The summed E-state index contributed by atoms with van der Waals surface area (Å²) in [5.74, 6) is -0.461. The standard InChI is InChI=1S/C16H19F2N3/c1-11(2)20-10-12-8-9-19-16(15(12)18)21(3)14-6-4-13(17)5-7-14/h4-9,11,20H,10H2,1-3H3. The second-order valence-electron chi connectivity index (χ2n) is 5.18. The monoisotopic (exact) mass is 291 g/mol. The Kier molecular flexibility index (Phi) is 4.85. The zero-order valence-electron chi connectivity index (χ0n) is 12.4. The Morgan fingerprint density at radius 2 is 1.81 bits per heavy atom. The lowest BCUT2D eigenvalue weighted by atomic mass is 10.2. The zero-order valence-corrected chi connectivity index (χ0v) is 12.4. The molecule has 0 unspecified atom stereocenters. The molecule has 2 rings (SSSR count). The highest BCUT2D eigenvalue weighted by atomic mass is 19.1. The van der Waals surface area contributed by atoms with Gasteiger partial charge in [-0.3, -0.25) is 0 Å². The molecular formula is C16H19F2N3. The second-order valence-corrected chi connectivity index (χ2v) is 5.18. The van der Waals surface area contributed by atoms with Crippen LogP contribution in [-0.2, 0) is 6.54 Å².